The van der Waals surface area contributed by atoms with Crippen molar-refractivity contribution in [2.75, 3.05) is 0 Å². The lowest BCUT2D eigenvalue weighted by molar-refractivity contribution is 0.0951. The van der Waals surface area contributed by atoms with E-state index in [1.807, 2.05) is 25.1 Å². The van der Waals surface area contributed by atoms with E-state index in [0.29, 0.717) is 17.1 Å². The molecule has 1 aromatic carbocycles. The van der Waals surface area contributed by atoms with Gasteiger partial charge in [-0.25, -0.2) is 0 Å². The lowest BCUT2D eigenvalue weighted by atomic mass is 10.1. The Morgan fingerprint density at radius 3 is 2.78 bits per heavy atom. The monoisotopic (exact) mass is 343 g/mol. The molecule has 0 radical (unpaired) electrons. The lowest BCUT2D eigenvalue weighted by Crippen LogP contribution is -2.22. The van der Waals surface area contributed by atoms with E-state index in [2.05, 4.69) is 21.2 Å². The minimum absolute atomic E-state index is 0.110. The van der Waals surface area contributed by atoms with Crippen LogP contribution >= 0.6 is 38.9 Å². The molecule has 2 aromatic rings. The number of hydrogen-bond acceptors (Lipinski definition) is 2. The van der Waals surface area contributed by atoms with Crippen molar-refractivity contribution in [2.24, 2.45) is 0 Å². The van der Waals surface area contributed by atoms with Crippen LogP contribution in [0.3, 0.4) is 0 Å². The molecule has 0 bridgehead atoms. The topological polar surface area (TPSA) is 29.1 Å². The Morgan fingerprint density at radius 2 is 2.17 bits per heavy atom. The molecule has 0 atom stereocenters. The quantitative estimate of drug-likeness (QED) is 0.878. The Morgan fingerprint density at radius 1 is 1.39 bits per heavy atom. The Hall–Kier alpha value is -0.840. The van der Waals surface area contributed by atoms with Crippen molar-refractivity contribution >= 4 is 44.8 Å². The minimum atomic E-state index is -0.110. The highest BCUT2D eigenvalue weighted by Crippen LogP contribution is 2.22. The van der Waals surface area contributed by atoms with Crippen molar-refractivity contribution in [3.05, 3.63) is 55.1 Å². The summed E-state index contributed by atoms with van der Waals surface area (Å²) in [5, 5.41) is 3.48. The maximum atomic E-state index is 11.9. The van der Waals surface area contributed by atoms with Gasteiger partial charge in [0.15, 0.2) is 0 Å². The largest absolute Gasteiger partial charge is 0.347 e. The van der Waals surface area contributed by atoms with Gasteiger partial charge >= 0.3 is 0 Å². The molecule has 2 nitrogen and oxygen atoms in total. The van der Waals surface area contributed by atoms with Crippen LogP contribution in [0.2, 0.25) is 5.02 Å². The number of benzene rings is 1. The normalized spacial score (nSPS) is 10.4. The molecule has 5 heteroatoms. The molecule has 1 heterocycles. The van der Waals surface area contributed by atoms with E-state index in [4.69, 9.17) is 11.6 Å². The highest BCUT2D eigenvalue weighted by atomic mass is 79.9. The second-order valence-electron chi connectivity index (χ2n) is 3.85. The van der Waals surface area contributed by atoms with Crippen molar-refractivity contribution < 1.29 is 4.79 Å². The van der Waals surface area contributed by atoms with Crippen LogP contribution in [0.4, 0.5) is 0 Å². The summed E-state index contributed by atoms with van der Waals surface area (Å²) in [4.78, 5) is 13.0. The zero-order chi connectivity index (χ0) is 13.1. The van der Waals surface area contributed by atoms with Gasteiger partial charge in [0, 0.05) is 15.5 Å². The van der Waals surface area contributed by atoms with Crippen LogP contribution in [0, 0.1) is 6.92 Å². The van der Waals surface area contributed by atoms with E-state index in [0.717, 1.165) is 14.2 Å². The molecule has 0 aliphatic rings. The van der Waals surface area contributed by atoms with Gasteiger partial charge in [-0.3, -0.25) is 4.79 Å². The van der Waals surface area contributed by atoms with E-state index >= 15 is 0 Å². The van der Waals surface area contributed by atoms with Crippen LogP contribution in [-0.4, -0.2) is 5.91 Å². The average Bonchev–Trinajstić information content (AvgIpc) is 2.75. The average molecular weight is 345 g/mol. The van der Waals surface area contributed by atoms with Crippen molar-refractivity contribution in [3.8, 4) is 0 Å². The smallest absolute Gasteiger partial charge is 0.251 e. The van der Waals surface area contributed by atoms with Gasteiger partial charge in [0.25, 0.3) is 5.91 Å². The minimum Gasteiger partial charge on any atom is -0.347 e. The number of amides is 1. The van der Waals surface area contributed by atoms with Gasteiger partial charge in [0.2, 0.25) is 0 Å². The molecule has 0 aliphatic carbocycles. The van der Waals surface area contributed by atoms with E-state index in [1.54, 1.807) is 23.5 Å². The lowest BCUT2D eigenvalue weighted by Gasteiger charge is -2.05. The third-order valence-electron chi connectivity index (χ3n) is 2.49. The molecule has 0 saturated carbocycles. The Bertz CT molecular complexity index is 582. The van der Waals surface area contributed by atoms with E-state index in [9.17, 15) is 4.79 Å². The first-order valence-corrected chi connectivity index (χ1v) is 7.33. The summed E-state index contributed by atoms with van der Waals surface area (Å²) < 4.78 is 1.06. The fraction of sp³-hybridized carbons (Fsp3) is 0.154. The molecule has 0 aliphatic heterocycles. The van der Waals surface area contributed by atoms with Gasteiger partial charge in [0.05, 0.1) is 10.3 Å². The molecular formula is C13H11BrClNOS. The summed E-state index contributed by atoms with van der Waals surface area (Å²) >= 11 is 11.0. The molecule has 0 unspecified atom stereocenters. The van der Waals surface area contributed by atoms with Gasteiger partial charge in [-0.15, -0.1) is 11.3 Å². The molecular weight excluding hydrogens is 334 g/mol. The first kappa shape index (κ1) is 13.6. The third-order valence-corrected chi connectivity index (χ3v) is 4.52. The van der Waals surface area contributed by atoms with Gasteiger partial charge in [0.1, 0.15) is 0 Å². The zero-order valence-electron chi connectivity index (χ0n) is 9.67. The summed E-state index contributed by atoms with van der Waals surface area (Å²) in [7, 11) is 0. The Balaban J connectivity index is 2.01. The second kappa shape index (κ2) is 5.87. The van der Waals surface area contributed by atoms with Crippen LogP contribution in [0.1, 0.15) is 20.8 Å². The number of hydrogen-bond donors (Lipinski definition) is 1. The second-order valence-corrected chi connectivity index (χ2v) is 6.81. The first-order valence-electron chi connectivity index (χ1n) is 5.35. The highest BCUT2D eigenvalue weighted by Gasteiger charge is 2.07. The van der Waals surface area contributed by atoms with Crippen molar-refractivity contribution in [1.29, 1.82) is 0 Å². The van der Waals surface area contributed by atoms with Gasteiger partial charge in [-0.2, -0.15) is 0 Å². The van der Waals surface area contributed by atoms with Gasteiger partial charge in [-0.05, 0) is 52.7 Å². The number of thiophene rings is 1. The van der Waals surface area contributed by atoms with Crippen molar-refractivity contribution in [1.82, 2.24) is 5.32 Å². The summed E-state index contributed by atoms with van der Waals surface area (Å²) in [5.41, 5.74) is 1.55. The van der Waals surface area contributed by atoms with E-state index in [1.165, 1.54) is 0 Å². The molecule has 94 valence electrons. The summed E-state index contributed by atoms with van der Waals surface area (Å²) in [6.07, 6.45) is 0. The molecule has 2 rings (SSSR count). The van der Waals surface area contributed by atoms with Crippen LogP contribution in [0.5, 0.6) is 0 Å². The predicted molar refractivity (Wildman–Crippen MR) is 79.4 cm³/mol. The number of carbonyl (C=O) groups is 1. The van der Waals surface area contributed by atoms with Crippen LogP contribution in [0.25, 0.3) is 0 Å². The van der Waals surface area contributed by atoms with Crippen LogP contribution in [-0.2, 0) is 6.54 Å². The SMILES string of the molecule is Cc1ccc(C(=O)NCc2ccc(Br)s2)cc1Cl. The van der Waals surface area contributed by atoms with E-state index < -0.39 is 0 Å². The van der Waals surface area contributed by atoms with Gasteiger partial charge in [-0.1, -0.05) is 17.7 Å². The fourth-order valence-electron chi connectivity index (χ4n) is 1.45. The number of nitrogens with one attached hydrogen (secondary N) is 1. The number of aryl methyl sites for hydroxylation is 1. The molecule has 1 aromatic heterocycles. The predicted octanol–water partition coefficient (Wildman–Crippen LogP) is 4.40. The van der Waals surface area contributed by atoms with Crippen LogP contribution in [0.15, 0.2) is 34.1 Å². The first-order chi connectivity index (χ1) is 8.56. The molecule has 18 heavy (non-hydrogen) atoms. The summed E-state index contributed by atoms with van der Waals surface area (Å²) in [6.45, 7) is 2.44. The Labute approximate surface area is 123 Å². The molecule has 1 N–H and O–H groups in total. The summed E-state index contributed by atoms with van der Waals surface area (Å²) in [6, 6.07) is 9.27. The fourth-order valence-corrected chi connectivity index (χ4v) is 3.05. The van der Waals surface area contributed by atoms with Gasteiger partial charge < -0.3 is 5.32 Å². The van der Waals surface area contributed by atoms with Crippen molar-refractivity contribution in [3.63, 3.8) is 0 Å². The molecule has 0 fully saturated rings. The molecule has 0 spiro atoms. The molecule has 1 amide bonds. The summed E-state index contributed by atoms with van der Waals surface area (Å²) in [5.74, 6) is -0.110. The highest BCUT2D eigenvalue weighted by molar-refractivity contribution is 9.11. The maximum Gasteiger partial charge on any atom is 0.251 e. The number of carbonyl (C=O) groups excluding carboxylic acids is 1. The number of halogens is 2. The van der Waals surface area contributed by atoms with Crippen LogP contribution < -0.4 is 5.32 Å². The zero-order valence-corrected chi connectivity index (χ0v) is 12.8. The number of rotatable bonds is 3. The van der Waals surface area contributed by atoms with Crippen molar-refractivity contribution in [2.45, 2.75) is 13.5 Å². The molecule has 0 saturated heterocycles. The third kappa shape index (κ3) is 3.34. The maximum absolute atomic E-state index is 11.9. The Kier molecular flexibility index (Phi) is 4.43. The standard InChI is InChI=1S/C13H11BrClNOS/c1-8-2-3-9(6-11(8)15)13(17)16-7-10-4-5-12(14)18-10/h2-6H,7H2,1H3,(H,16,17). The van der Waals surface area contributed by atoms with E-state index in [-0.39, 0.29) is 5.91 Å².